The van der Waals surface area contributed by atoms with Gasteiger partial charge in [-0.15, -0.1) is 0 Å². The van der Waals surface area contributed by atoms with Gasteiger partial charge in [-0.25, -0.2) is 4.39 Å². The molecule has 0 aromatic heterocycles. The highest BCUT2D eigenvalue weighted by Gasteiger charge is 1.98. The van der Waals surface area contributed by atoms with E-state index >= 15 is 0 Å². The van der Waals surface area contributed by atoms with Crippen LogP contribution in [0.4, 0.5) is 4.39 Å². The molecule has 0 heterocycles. The molecule has 0 saturated heterocycles. The van der Waals surface area contributed by atoms with Gasteiger partial charge in [-0.1, -0.05) is 24.0 Å². The predicted molar refractivity (Wildman–Crippen MR) is 51.9 cm³/mol. The van der Waals surface area contributed by atoms with Crippen LogP contribution < -0.4 is 4.74 Å². The standard InChI is InChI=1S/C11H11FO2/c12-7-9-14-11-6-2-1-4-10(11)5-3-8-13/h1-2,4,6,13H,7-9H2. The zero-order valence-corrected chi connectivity index (χ0v) is 7.66. The second-order valence-electron chi connectivity index (χ2n) is 2.49. The van der Waals surface area contributed by atoms with Crippen LogP contribution in [-0.2, 0) is 0 Å². The van der Waals surface area contributed by atoms with E-state index in [0.717, 1.165) is 0 Å². The highest BCUT2D eigenvalue weighted by atomic mass is 19.1. The van der Waals surface area contributed by atoms with E-state index in [1.807, 2.05) is 6.07 Å². The van der Waals surface area contributed by atoms with Crippen LogP contribution >= 0.6 is 0 Å². The molecule has 1 rings (SSSR count). The first kappa shape index (κ1) is 10.6. The van der Waals surface area contributed by atoms with Gasteiger partial charge >= 0.3 is 0 Å². The summed E-state index contributed by atoms with van der Waals surface area (Å²) in [5.41, 5.74) is 0.662. The van der Waals surface area contributed by atoms with Gasteiger partial charge < -0.3 is 9.84 Å². The predicted octanol–water partition coefficient (Wildman–Crippen LogP) is 1.38. The van der Waals surface area contributed by atoms with Gasteiger partial charge in [-0.05, 0) is 12.1 Å². The normalized spacial score (nSPS) is 9.00. The third kappa shape index (κ3) is 3.08. The number of hydrogen-bond donors (Lipinski definition) is 1. The van der Waals surface area contributed by atoms with Gasteiger partial charge in [0.2, 0.25) is 0 Å². The summed E-state index contributed by atoms with van der Waals surface area (Å²) in [6.07, 6.45) is 0. The second-order valence-corrected chi connectivity index (χ2v) is 2.49. The maximum Gasteiger partial charge on any atom is 0.135 e. The van der Waals surface area contributed by atoms with E-state index in [-0.39, 0.29) is 13.2 Å². The molecule has 1 aromatic carbocycles. The van der Waals surface area contributed by atoms with Crippen molar-refractivity contribution in [2.24, 2.45) is 0 Å². The van der Waals surface area contributed by atoms with Gasteiger partial charge in [0.25, 0.3) is 0 Å². The Morgan fingerprint density at radius 1 is 1.36 bits per heavy atom. The summed E-state index contributed by atoms with van der Waals surface area (Å²) < 4.78 is 17.0. The number of hydrogen-bond acceptors (Lipinski definition) is 2. The molecule has 0 atom stereocenters. The van der Waals surface area contributed by atoms with E-state index in [2.05, 4.69) is 11.8 Å². The minimum absolute atomic E-state index is 0.0256. The smallest absolute Gasteiger partial charge is 0.135 e. The Bertz CT molecular complexity index is 339. The van der Waals surface area contributed by atoms with Crippen molar-refractivity contribution < 1.29 is 14.2 Å². The van der Waals surface area contributed by atoms with E-state index in [1.165, 1.54) is 0 Å². The van der Waals surface area contributed by atoms with Crippen LogP contribution in [0.25, 0.3) is 0 Å². The van der Waals surface area contributed by atoms with E-state index in [9.17, 15) is 4.39 Å². The van der Waals surface area contributed by atoms with Gasteiger partial charge in [0.15, 0.2) is 0 Å². The van der Waals surface area contributed by atoms with E-state index in [1.54, 1.807) is 18.2 Å². The number of alkyl halides is 1. The summed E-state index contributed by atoms with van der Waals surface area (Å²) in [7, 11) is 0. The van der Waals surface area contributed by atoms with Crippen LogP contribution in [0.3, 0.4) is 0 Å². The second kappa shape index (κ2) is 6.01. The number of aliphatic hydroxyl groups is 1. The molecule has 0 amide bonds. The highest BCUT2D eigenvalue weighted by molar-refractivity contribution is 5.45. The molecule has 0 radical (unpaired) electrons. The Balaban J connectivity index is 2.80. The first-order valence-corrected chi connectivity index (χ1v) is 4.26. The number of aliphatic hydroxyl groups excluding tert-OH is 1. The highest BCUT2D eigenvalue weighted by Crippen LogP contribution is 2.16. The van der Waals surface area contributed by atoms with E-state index in [0.29, 0.717) is 11.3 Å². The minimum atomic E-state index is -0.526. The summed E-state index contributed by atoms with van der Waals surface area (Å²) in [6, 6.07) is 7.08. The van der Waals surface area contributed by atoms with Gasteiger partial charge in [-0.2, -0.15) is 0 Å². The Kier molecular flexibility index (Phi) is 4.53. The Hall–Kier alpha value is -1.53. The fourth-order valence-electron chi connectivity index (χ4n) is 0.979. The monoisotopic (exact) mass is 194 g/mol. The molecule has 0 aliphatic carbocycles. The largest absolute Gasteiger partial charge is 0.490 e. The van der Waals surface area contributed by atoms with Crippen molar-refractivity contribution in [3.63, 3.8) is 0 Å². The molecule has 0 bridgehead atoms. The lowest BCUT2D eigenvalue weighted by Crippen LogP contribution is -2.00. The lowest BCUT2D eigenvalue weighted by molar-refractivity contribution is 0.272. The lowest BCUT2D eigenvalue weighted by Gasteiger charge is -2.04. The number of rotatable bonds is 3. The number of benzene rings is 1. The van der Waals surface area contributed by atoms with Crippen molar-refractivity contribution in [3.8, 4) is 17.6 Å². The molecule has 1 aromatic rings. The van der Waals surface area contributed by atoms with Crippen molar-refractivity contribution in [1.29, 1.82) is 0 Å². The third-order valence-electron chi connectivity index (χ3n) is 1.52. The quantitative estimate of drug-likeness (QED) is 0.736. The SMILES string of the molecule is OCC#Cc1ccccc1OCCF. The lowest BCUT2D eigenvalue weighted by atomic mass is 10.2. The first-order valence-electron chi connectivity index (χ1n) is 4.26. The number of halogens is 1. The van der Waals surface area contributed by atoms with Crippen LogP contribution in [-0.4, -0.2) is 25.0 Å². The van der Waals surface area contributed by atoms with E-state index in [4.69, 9.17) is 9.84 Å². The summed E-state index contributed by atoms with van der Waals surface area (Å²) >= 11 is 0. The zero-order valence-electron chi connectivity index (χ0n) is 7.66. The first-order chi connectivity index (χ1) is 6.88. The van der Waals surface area contributed by atoms with Gasteiger partial charge in [0, 0.05) is 0 Å². The average molecular weight is 194 g/mol. The number of ether oxygens (including phenoxy) is 1. The zero-order chi connectivity index (χ0) is 10.2. The fraction of sp³-hybridized carbons (Fsp3) is 0.273. The molecule has 74 valence electrons. The van der Waals surface area contributed by atoms with Crippen LogP contribution in [0.2, 0.25) is 0 Å². The molecule has 3 heteroatoms. The molecule has 0 fully saturated rings. The maximum atomic E-state index is 11.9. The summed E-state index contributed by atoms with van der Waals surface area (Å²) in [5.74, 6) is 5.78. The van der Waals surface area contributed by atoms with Crippen molar-refractivity contribution >= 4 is 0 Å². The molecule has 0 saturated carbocycles. The van der Waals surface area contributed by atoms with Gasteiger partial charge in [0.1, 0.15) is 25.6 Å². The fourth-order valence-corrected chi connectivity index (χ4v) is 0.979. The van der Waals surface area contributed by atoms with Crippen LogP contribution in [0.1, 0.15) is 5.56 Å². The molecule has 1 N–H and O–H groups in total. The molecule has 14 heavy (non-hydrogen) atoms. The third-order valence-corrected chi connectivity index (χ3v) is 1.52. The summed E-state index contributed by atoms with van der Waals surface area (Å²) in [6.45, 7) is -0.697. The Morgan fingerprint density at radius 2 is 2.14 bits per heavy atom. The minimum Gasteiger partial charge on any atom is -0.490 e. The van der Waals surface area contributed by atoms with Crippen LogP contribution in [0.5, 0.6) is 5.75 Å². The van der Waals surface area contributed by atoms with Crippen LogP contribution in [0, 0.1) is 11.8 Å². The van der Waals surface area contributed by atoms with Crippen molar-refractivity contribution in [2.45, 2.75) is 0 Å². The molecular weight excluding hydrogens is 183 g/mol. The maximum absolute atomic E-state index is 11.9. The van der Waals surface area contributed by atoms with Crippen LogP contribution in [0.15, 0.2) is 24.3 Å². The Morgan fingerprint density at radius 3 is 2.86 bits per heavy atom. The van der Waals surface area contributed by atoms with Gasteiger partial charge in [0.05, 0.1) is 5.56 Å². The van der Waals surface area contributed by atoms with E-state index < -0.39 is 6.67 Å². The average Bonchev–Trinajstić information content (AvgIpc) is 2.24. The molecule has 0 aliphatic heterocycles. The molecular formula is C11H11FO2. The molecule has 0 unspecified atom stereocenters. The molecule has 0 spiro atoms. The Labute approximate surface area is 82.3 Å². The van der Waals surface area contributed by atoms with Crippen molar-refractivity contribution in [3.05, 3.63) is 29.8 Å². The summed E-state index contributed by atoms with van der Waals surface area (Å²) in [5, 5.41) is 8.52. The molecule has 0 aliphatic rings. The van der Waals surface area contributed by atoms with Crippen molar-refractivity contribution in [1.82, 2.24) is 0 Å². The number of para-hydroxylation sites is 1. The van der Waals surface area contributed by atoms with Crippen molar-refractivity contribution in [2.75, 3.05) is 19.9 Å². The van der Waals surface area contributed by atoms with Gasteiger partial charge in [-0.3, -0.25) is 0 Å². The molecule has 2 nitrogen and oxygen atoms in total. The summed E-state index contributed by atoms with van der Waals surface area (Å²) in [4.78, 5) is 0. The topological polar surface area (TPSA) is 29.5 Å².